The van der Waals surface area contributed by atoms with Crippen molar-refractivity contribution in [2.75, 3.05) is 0 Å². The highest BCUT2D eigenvalue weighted by molar-refractivity contribution is 6.29. The third-order valence-corrected chi connectivity index (χ3v) is 4.04. The topological polar surface area (TPSA) is 77.5 Å². The van der Waals surface area contributed by atoms with Crippen LogP contribution in [-0.2, 0) is 20.9 Å². The highest BCUT2D eigenvalue weighted by Gasteiger charge is 2.35. The first kappa shape index (κ1) is 19.5. The molecule has 1 amide bonds. The van der Waals surface area contributed by atoms with Gasteiger partial charge in [-0.25, -0.2) is 9.78 Å². The van der Waals surface area contributed by atoms with Crippen molar-refractivity contribution in [3.8, 4) is 0 Å². The van der Waals surface area contributed by atoms with E-state index in [2.05, 4.69) is 10.3 Å². The lowest BCUT2D eigenvalue weighted by Crippen LogP contribution is -2.41. The van der Waals surface area contributed by atoms with Crippen LogP contribution in [0.4, 0.5) is 4.79 Å². The molecular formula is C18H25ClN2O4. The Morgan fingerprint density at radius 1 is 1.36 bits per heavy atom. The zero-order valence-corrected chi connectivity index (χ0v) is 15.9. The number of esters is 1. The number of hydrogen-bond donors (Lipinski definition) is 1. The van der Waals surface area contributed by atoms with Crippen molar-refractivity contribution < 1.29 is 19.1 Å². The van der Waals surface area contributed by atoms with Gasteiger partial charge in [0.25, 0.3) is 0 Å². The van der Waals surface area contributed by atoms with Gasteiger partial charge in [0, 0.05) is 17.3 Å². The van der Waals surface area contributed by atoms with E-state index in [1.165, 1.54) is 0 Å². The number of aryl methyl sites for hydroxylation is 1. The summed E-state index contributed by atoms with van der Waals surface area (Å²) in [5.41, 5.74) is 0.962. The fraction of sp³-hybridized carbons (Fsp3) is 0.611. The van der Waals surface area contributed by atoms with Crippen molar-refractivity contribution in [3.05, 3.63) is 28.5 Å². The molecule has 1 aromatic rings. The second-order valence-electron chi connectivity index (χ2n) is 7.33. The van der Waals surface area contributed by atoms with Gasteiger partial charge in [-0.2, -0.15) is 0 Å². The Bertz CT molecular complexity index is 638. The minimum absolute atomic E-state index is 0.129. The Balaban J connectivity index is 1.84. The van der Waals surface area contributed by atoms with Gasteiger partial charge in [-0.05, 0) is 52.5 Å². The Morgan fingerprint density at radius 3 is 2.60 bits per heavy atom. The fourth-order valence-corrected chi connectivity index (χ4v) is 2.59. The average molecular weight is 369 g/mol. The predicted molar refractivity (Wildman–Crippen MR) is 94.3 cm³/mol. The Morgan fingerprint density at radius 2 is 2.04 bits per heavy atom. The molecule has 1 aliphatic carbocycles. The SMILES string of the molecule is Cc1nc(Cl)ccc1COC(=O)C[C@@H](NC(=O)OC(C)(C)C)C1CC1. The molecule has 138 valence electrons. The monoisotopic (exact) mass is 368 g/mol. The van der Waals surface area contributed by atoms with Gasteiger partial charge in [0.1, 0.15) is 17.4 Å². The molecule has 1 fully saturated rings. The van der Waals surface area contributed by atoms with Gasteiger partial charge in [-0.15, -0.1) is 0 Å². The molecule has 6 nitrogen and oxygen atoms in total. The minimum Gasteiger partial charge on any atom is -0.461 e. The smallest absolute Gasteiger partial charge is 0.407 e. The second-order valence-corrected chi connectivity index (χ2v) is 7.72. The molecule has 0 saturated heterocycles. The van der Waals surface area contributed by atoms with Crippen LogP contribution in [0.3, 0.4) is 0 Å². The standard InChI is InChI=1S/C18H25ClN2O4/c1-11-13(7-8-15(19)20-11)10-24-16(22)9-14(12-5-6-12)21-17(23)25-18(2,3)4/h7-8,12,14H,5-6,9-10H2,1-4H3,(H,21,23)/t14-/m1/s1. The number of amides is 1. The van der Waals surface area contributed by atoms with Crippen LogP contribution in [-0.4, -0.2) is 28.7 Å². The molecule has 2 rings (SSSR count). The molecule has 1 N–H and O–H groups in total. The number of rotatable bonds is 6. The maximum atomic E-state index is 12.1. The van der Waals surface area contributed by atoms with Crippen molar-refractivity contribution in [3.63, 3.8) is 0 Å². The van der Waals surface area contributed by atoms with E-state index < -0.39 is 11.7 Å². The van der Waals surface area contributed by atoms with Crippen molar-refractivity contribution in [1.82, 2.24) is 10.3 Å². The van der Waals surface area contributed by atoms with Crippen LogP contribution in [0.5, 0.6) is 0 Å². The molecule has 1 saturated carbocycles. The van der Waals surface area contributed by atoms with Crippen LogP contribution < -0.4 is 5.32 Å². The number of hydrogen-bond acceptors (Lipinski definition) is 5. The van der Waals surface area contributed by atoms with Crippen LogP contribution in [0.2, 0.25) is 5.15 Å². The van der Waals surface area contributed by atoms with Gasteiger partial charge in [0.05, 0.1) is 6.42 Å². The molecule has 7 heteroatoms. The molecule has 0 unspecified atom stereocenters. The molecule has 1 aromatic heterocycles. The first-order chi connectivity index (χ1) is 11.6. The third-order valence-electron chi connectivity index (χ3n) is 3.83. The normalized spacial score (nSPS) is 15.4. The van der Waals surface area contributed by atoms with Gasteiger partial charge >= 0.3 is 12.1 Å². The van der Waals surface area contributed by atoms with Gasteiger partial charge in [-0.1, -0.05) is 17.7 Å². The zero-order valence-electron chi connectivity index (χ0n) is 15.1. The zero-order chi connectivity index (χ0) is 18.6. The molecule has 0 radical (unpaired) electrons. The fourth-order valence-electron chi connectivity index (χ4n) is 2.40. The lowest BCUT2D eigenvalue weighted by molar-refractivity contribution is -0.145. The van der Waals surface area contributed by atoms with E-state index in [-0.39, 0.29) is 25.0 Å². The molecule has 1 heterocycles. The van der Waals surface area contributed by atoms with Crippen LogP contribution in [0.25, 0.3) is 0 Å². The van der Waals surface area contributed by atoms with Gasteiger partial charge in [0.15, 0.2) is 0 Å². The summed E-state index contributed by atoms with van der Waals surface area (Å²) in [5, 5.41) is 3.20. The van der Waals surface area contributed by atoms with Crippen molar-refractivity contribution in [1.29, 1.82) is 0 Å². The Kier molecular flexibility index (Phi) is 6.27. The first-order valence-corrected chi connectivity index (χ1v) is 8.79. The number of alkyl carbamates (subject to hydrolysis) is 1. The molecule has 0 aromatic carbocycles. The van der Waals surface area contributed by atoms with E-state index in [1.54, 1.807) is 32.9 Å². The Hall–Kier alpha value is -1.82. The summed E-state index contributed by atoms with van der Waals surface area (Å²) in [4.78, 5) is 28.2. The van der Waals surface area contributed by atoms with Crippen molar-refractivity contribution in [2.45, 2.75) is 65.2 Å². The third kappa shape index (κ3) is 6.90. The highest BCUT2D eigenvalue weighted by atomic mass is 35.5. The molecular weight excluding hydrogens is 344 g/mol. The first-order valence-electron chi connectivity index (χ1n) is 8.41. The van der Waals surface area contributed by atoms with Gasteiger partial charge < -0.3 is 14.8 Å². The van der Waals surface area contributed by atoms with Crippen LogP contribution >= 0.6 is 11.6 Å². The summed E-state index contributed by atoms with van der Waals surface area (Å²) in [7, 11) is 0. The average Bonchev–Trinajstić information content (AvgIpc) is 3.28. The van der Waals surface area contributed by atoms with E-state index in [0.29, 0.717) is 11.1 Å². The molecule has 0 aliphatic heterocycles. The molecule has 1 aliphatic rings. The number of aromatic nitrogens is 1. The van der Waals surface area contributed by atoms with E-state index >= 15 is 0 Å². The summed E-state index contributed by atoms with van der Waals surface area (Å²) in [6.45, 7) is 7.35. The predicted octanol–water partition coefficient (Wildman–Crippen LogP) is 3.78. The number of nitrogens with zero attached hydrogens (tertiary/aromatic N) is 1. The summed E-state index contributed by atoms with van der Waals surface area (Å²) in [6.07, 6.45) is 1.61. The number of halogens is 1. The van der Waals surface area contributed by atoms with Gasteiger partial charge in [0.2, 0.25) is 0 Å². The highest BCUT2D eigenvalue weighted by Crippen LogP contribution is 2.34. The number of carbonyl (C=O) groups is 2. The van der Waals surface area contributed by atoms with Crippen LogP contribution in [0, 0.1) is 12.8 Å². The van der Waals surface area contributed by atoms with E-state index in [9.17, 15) is 9.59 Å². The quantitative estimate of drug-likeness (QED) is 0.610. The van der Waals surface area contributed by atoms with E-state index in [0.717, 1.165) is 24.1 Å². The van der Waals surface area contributed by atoms with Crippen LogP contribution in [0.15, 0.2) is 12.1 Å². The number of pyridine rings is 1. The lowest BCUT2D eigenvalue weighted by Gasteiger charge is -2.23. The second kappa shape index (κ2) is 8.04. The number of carbonyl (C=O) groups excluding carboxylic acids is 2. The number of ether oxygens (including phenoxy) is 2. The van der Waals surface area contributed by atoms with Gasteiger partial charge in [-0.3, -0.25) is 4.79 Å². The molecule has 25 heavy (non-hydrogen) atoms. The van der Waals surface area contributed by atoms with Crippen LogP contribution in [0.1, 0.15) is 51.3 Å². The van der Waals surface area contributed by atoms with E-state index in [1.807, 2.05) is 6.92 Å². The Labute approximate surface area is 153 Å². The molecule has 1 atom stereocenters. The number of nitrogens with one attached hydrogen (secondary N) is 1. The maximum absolute atomic E-state index is 12.1. The minimum atomic E-state index is -0.572. The summed E-state index contributed by atoms with van der Waals surface area (Å²) in [6, 6.07) is 3.19. The molecule has 0 spiro atoms. The van der Waals surface area contributed by atoms with Crippen molar-refractivity contribution in [2.24, 2.45) is 5.92 Å². The maximum Gasteiger partial charge on any atom is 0.407 e. The summed E-state index contributed by atoms with van der Waals surface area (Å²) in [5.74, 6) is -0.0543. The molecule has 0 bridgehead atoms. The summed E-state index contributed by atoms with van der Waals surface area (Å²) >= 11 is 5.81. The summed E-state index contributed by atoms with van der Waals surface area (Å²) < 4.78 is 10.6. The van der Waals surface area contributed by atoms with E-state index in [4.69, 9.17) is 21.1 Å². The largest absolute Gasteiger partial charge is 0.461 e. The van der Waals surface area contributed by atoms with Crippen molar-refractivity contribution >= 4 is 23.7 Å². The lowest BCUT2D eigenvalue weighted by atomic mass is 10.1.